The van der Waals surface area contributed by atoms with E-state index in [0.717, 1.165) is 18.8 Å². The number of nitrogens with zero attached hydrogens (tertiary/aromatic N) is 4. The predicted octanol–water partition coefficient (Wildman–Crippen LogP) is -0.803. The van der Waals surface area contributed by atoms with Crippen molar-refractivity contribution >= 4 is 29.7 Å². The van der Waals surface area contributed by atoms with Gasteiger partial charge in [-0.05, 0) is 0 Å². The molecule has 0 aliphatic carbocycles. The second-order valence-electron chi connectivity index (χ2n) is 4.80. The van der Waals surface area contributed by atoms with Gasteiger partial charge in [0.05, 0.1) is 5.71 Å². The largest absolute Gasteiger partial charge is 0.314 e. The van der Waals surface area contributed by atoms with Gasteiger partial charge in [-0.3, -0.25) is 14.7 Å². The Bertz CT molecular complexity index is 555. The number of allylic oxidation sites excluding steroid dienone is 1. The molecule has 0 spiro atoms. The number of carbonyl (C=O) groups is 2. The molecule has 1 saturated heterocycles. The zero-order valence-electron chi connectivity index (χ0n) is 11.0. The first-order chi connectivity index (χ1) is 9.81. The standard InChI is InChI=1S/C13H15N5O2/c19-8-11(18-5-3-14-4-6-18)13(20)12-9-7-15-2-1-10(9)16-17-12/h2,7-8,11,14H,1,3-6H2. The molecule has 0 radical (unpaired) electrons. The van der Waals surface area contributed by atoms with Crippen molar-refractivity contribution < 1.29 is 9.59 Å². The van der Waals surface area contributed by atoms with Crippen LogP contribution in [-0.4, -0.2) is 66.8 Å². The van der Waals surface area contributed by atoms with Crippen LogP contribution in [0.1, 0.15) is 6.42 Å². The van der Waals surface area contributed by atoms with Gasteiger partial charge in [0.2, 0.25) is 5.78 Å². The SMILES string of the molecule is O=CC(C(=O)C1=NN=C2CC=NC=C21)N1CCNCC1. The predicted molar refractivity (Wildman–Crippen MR) is 75.4 cm³/mol. The Balaban J connectivity index is 1.79. The van der Waals surface area contributed by atoms with Crippen molar-refractivity contribution in [3.63, 3.8) is 0 Å². The second kappa shape index (κ2) is 5.56. The van der Waals surface area contributed by atoms with E-state index in [9.17, 15) is 9.59 Å². The van der Waals surface area contributed by atoms with Gasteiger partial charge < -0.3 is 10.1 Å². The Kier molecular flexibility index (Phi) is 3.62. The van der Waals surface area contributed by atoms with E-state index in [1.54, 1.807) is 12.4 Å². The van der Waals surface area contributed by atoms with Crippen LogP contribution in [0.4, 0.5) is 0 Å². The molecule has 3 heterocycles. The smallest absolute Gasteiger partial charge is 0.208 e. The van der Waals surface area contributed by atoms with Crippen molar-refractivity contribution in [3.05, 3.63) is 11.8 Å². The minimum Gasteiger partial charge on any atom is -0.314 e. The summed E-state index contributed by atoms with van der Waals surface area (Å²) >= 11 is 0. The molecule has 0 aromatic rings. The van der Waals surface area contributed by atoms with Gasteiger partial charge in [0, 0.05) is 50.6 Å². The van der Waals surface area contributed by atoms with Crippen LogP contribution in [0.5, 0.6) is 0 Å². The van der Waals surface area contributed by atoms with Gasteiger partial charge in [-0.15, -0.1) is 5.10 Å². The molecule has 7 heteroatoms. The van der Waals surface area contributed by atoms with Crippen molar-refractivity contribution in [1.29, 1.82) is 0 Å². The van der Waals surface area contributed by atoms with Crippen LogP contribution in [0.15, 0.2) is 27.0 Å². The van der Waals surface area contributed by atoms with Gasteiger partial charge in [-0.1, -0.05) is 0 Å². The number of carbonyl (C=O) groups excluding carboxylic acids is 2. The van der Waals surface area contributed by atoms with Crippen molar-refractivity contribution in [2.75, 3.05) is 26.2 Å². The maximum absolute atomic E-state index is 12.5. The molecule has 3 rings (SSSR count). The lowest BCUT2D eigenvalue weighted by molar-refractivity contribution is -0.124. The number of hydrogen-bond acceptors (Lipinski definition) is 7. The van der Waals surface area contributed by atoms with Crippen LogP contribution in [0.25, 0.3) is 0 Å². The number of rotatable bonds is 4. The molecule has 1 fully saturated rings. The highest BCUT2D eigenvalue weighted by molar-refractivity contribution is 6.56. The average Bonchev–Trinajstić information content (AvgIpc) is 2.93. The lowest BCUT2D eigenvalue weighted by atomic mass is 9.96. The summed E-state index contributed by atoms with van der Waals surface area (Å²) in [4.78, 5) is 29.8. The van der Waals surface area contributed by atoms with Gasteiger partial charge in [0.25, 0.3) is 0 Å². The molecule has 0 amide bonds. The van der Waals surface area contributed by atoms with Gasteiger partial charge in [-0.2, -0.15) is 5.10 Å². The van der Waals surface area contributed by atoms with Crippen LogP contribution in [-0.2, 0) is 9.59 Å². The number of nitrogens with one attached hydrogen (secondary N) is 1. The van der Waals surface area contributed by atoms with E-state index >= 15 is 0 Å². The first-order valence-corrected chi connectivity index (χ1v) is 6.62. The first-order valence-electron chi connectivity index (χ1n) is 6.62. The fraction of sp³-hybridized carbons (Fsp3) is 0.462. The third-order valence-electron chi connectivity index (χ3n) is 3.61. The lowest BCUT2D eigenvalue weighted by Gasteiger charge is -2.30. The summed E-state index contributed by atoms with van der Waals surface area (Å²) in [5.41, 5.74) is 1.65. The molecule has 0 aromatic heterocycles. The molecule has 7 nitrogen and oxygen atoms in total. The molecular formula is C13H15N5O2. The molecule has 20 heavy (non-hydrogen) atoms. The Hall–Kier alpha value is -1.99. The molecular weight excluding hydrogens is 258 g/mol. The Morgan fingerprint density at radius 2 is 2.15 bits per heavy atom. The molecule has 0 aromatic carbocycles. The highest BCUT2D eigenvalue weighted by Gasteiger charge is 2.34. The second-order valence-corrected chi connectivity index (χ2v) is 4.80. The number of ketones is 1. The van der Waals surface area contributed by atoms with E-state index in [4.69, 9.17) is 0 Å². The van der Waals surface area contributed by atoms with Crippen molar-refractivity contribution in [2.24, 2.45) is 15.2 Å². The van der Waals surface area contributed by atoms with Crippen LogP contribution in [0.3, 0.4) is 0 Å². The van der Waals surface area contributed by atoms with E-state index in [2.05, 4.69) is 20.5 Å². The number of piperazine rings is 1. The number of hydrogen-bond donors (Lipinski definition) is 1. The summed E-state index contributed by atoms with van der Waals surface area (Å²) in [6, 6.07) is -0.780. The van der Waals surface area contributed by atoms with Crippen LogP contribution < -0.4 is 5.32 Å². The molecule has 0 bridgehead atoms. The van der Waals surface area contributed by atoms with Crippen molar-refractivity contribution in [2.45, 2.75) is 12.5 Å². The molecule has 3 aliphatic heterocycles. The average molecular weight is 273 g/mol. The Labute approximate surface area is 116 Å². The fourth-order valence-corrected chi connectivity index (χ4v) is 2.50. The molecule has 1 unspecified atom stereocenters. The quantitative estimate of drug-likeness (QED) is 0.536. The minimum absolute atomic E-state index is 0.257. The van der Waals surface area contributed by atoms with E-state index in [0.29, 0.717) is 31.4 Å². The number of aldehydes is 1. The van der Waals surface area contributed by atoms with E-state index in [-0.39, 0.29) is 11.5 Å². The van der Waals surface area contributed by atoms with E-state index in [1.165, 1.54) is 0 Å². The minimum atomic E-state index is -0.780. The van der Waals surface area contributed by atoms with Gasteiger partial charge >= 0.3 is 0 Å². The normalized spacial score (nSPS) is 23.5. The molecule has 1 atom stereocenters. The maximum Gasteiger partial charge on any atom is 0.208 e. The maximum atomic E-state index is 12.5. The van der Waals surface area contributed by atoms with Gasteiger partial charge in [0.1, 0.15) is 18.0 Å². The first kappa shape index (κ1) is 13.0. The number of fused-ring (bicyclic) bond motifs is 1. The number of aliphatic imine (C=N–C) groups is 1. The zero-order chi connectivity index (χ0) is 13.9. The summed E-state index contributed by atoms with van der Waals surface area (Å²) in [6.45, 7) is 2.90. The van der Waals surface area contributed by atoms with E-state index in [1.807, 2.05) is 4.90 Å². The van der Waals surface area contributed by atoms with Crippen LogP contribution in [0, 0.1) is 0 Å². The molecule has 1 N–H and O–H groups in total. The summed E-state index contributed by atoms with van der Waals surface area (Å²) < 4.78 is 0. The van der Waals surface area contributed by atoms with Crippen molar-refractivity contribution in [1.82, 2.24) is 10.2 Å². The Morgan fingerprint density at radius 3 is 2.90 bits per heavy atom. The fourth-order valence-electron chi connectivity index (χ4n) is 2.50. The highest BCUT2D eigenvalue weighted by Crippen LogP contribution is 2.18. The third-order valence-corrected chi connectivity index (χ3v) is 3.61. The summed E-state index contributed by atoms with van der Waals surface area (Å²) in [6.07, 6.45) is 4.58. The van der Waals surface area contributed by atoms with E-state index < -0.39 is 6.04 Å². The third kappa shape index (κ3) is 2.25. The summed E-state index contributed by atoms with van der Waals surface area (Å²) in [5, 5.41) is 11.1. The highest BCUT2D eigenvalue weighted by atomic mass is 16.1. The Morgan fingerprint density at radius 1 is 1.35 bits per heavy atom. The number of Topliss-reactive ketones (excluding diaryl/α,β-unsaturated/α-hetero) is 1. The monoisotopic (exact) mass is 273 g/mol. The van der Waals surface area contributed by atoms with Crippen molar-refractivity contribution in [3.8, 4) is 0 Å². The van der Waals surface area contributed by atoms with Gasteiger partial charge in [-0.25, -0.2) is 0 Å². The van der Waals surface area contributed by atoms with Gasteiger partial charge in [0.15, 0.2) is 0 Å². The van der Waals surface area contributed by atoms with Crippen LogP contribution in [0.2, 0.25) is 0 Å². The zero-order valence-corrected chi connectivity index (χ0v) is 11.0. The molecule has 0 saturated carbocycles. The summed E-state index contributed by atoms with van der Waals surface area (Å²) in [7, 11) is 0. The molecule has 104 valence electrons. The molecule has 3 aliphatic rings. The summed E-state index contributed by atoms with van der Waals surface area (Å²) in [5.74, 6) is -0.288. The topological polar surface area (TPSA) is 86.5 Å². The lowest BCUT2D eigenvalue weighted by Crippen LogP contribution is -2.53. The van der Waals surface area contributed by atoms with Crippen LogP contribution >= 0.6 is 0 Å².